The average molecular weight is 283 g/mol. The molecule has 1 heterocycles. The molecule has 0 aromatic rings. The Bertz CT molecular complexity index is 261. The second-order valence-electron chi connectivity index (χ2n) is 4.31. The van der Waals surface area contributed by atoms with Crippen LogP contribution in [0.2, 0.25) is 0 Å². The van der Waals surface area contributed by atoms with E-state index in [4.69, 9.17) is 5.73 Å². The number of nitrogens with zero attached hydrogens (tertiary/aromatic N) is 2. The van der Waals surface area contributed by atoms with Gasteiger partial charge in [-0.2, -0.15) is 24.9 Å². The summed E-state index contributed by atoms with van der Waals surface area (Å²) in [7, 11) is 0. The molecule has 0 spiro atoms. The van der Waals surface area contributed by atoms with Crippen LogP contribution in [0.5, 0.6) is 0 Å². The maximum atomic E-state index is 11.9. The van der Waals surface area contributed by atoms with Crippen molar-refractivity contribution in [3.63, 3.8) is 0 Å². The predicted octanol–water partition coefficient (Wildman–Crippen LogP) is 2.47. The van der Waals surface area contributed by atoms with Gasteiger partial charge in [0.15, 0.2) is 5.96 Å². The van der Waals surface area contributed by atoms with E-state index in [9.17, 15) is 13.2 Å². The molecule has 1 fully saturated rings. The molecule has 0 saturated carbocycles. The Labute approximate surface area is 110 Å². The zero-order chi connectivity index (χ0) is 13.4. The van der Waals surface area contributed by atoms with E-state index in [1.165, 1.54) is 12.8 Å². The van der Waals surface area contributed by atoms with Gasteiger partial charge in [0.2, 0.25) is 0 Å². The Hall–Kier alpha value is -0.590. The molecule has 1 aliphatic rings. The highest BCUT2D eigenvalue weighted by Gasteiger charge is 2.26. The zero-order valence-electron chi connectivity index (χ0n) is 10.4. The van der Waals surface area contributed by atoms with E-state index < -0.39 is 11.9 Å². The molecule has 0 aromatic heterocycles. The first kappa shape index (κ1) is 15.5. The van der Waals surface area contributed by atoms with Crippen LogP contribution in [0.1, 0.15) is 25.7 Å². The number of alkyl halides is 3. The number of thioether (sulfide) groups is 1. The van der Waals surface area contributed by atoms with Gasteiger partial charge < -0.3 is 10.6 Å². The first-order chi connectivity index (χ1) is 8.49. The second-order valence-corrected chi connectivity index (χ2v) is 5.41. The number of aliphatic imine (C=N–C) groups is 1. The van der Waals surface area contributed by atoms with Crippen molar-refractivity contribution in [2.24, 2.45) is 10.7 Å². The molecule has 1 rings (SSSR count). The van der Waals surface area contributed by atoms with Crippen LogP contribution < -0.4 is 5.73 Å². The standard InChI is InChI=1S/C11H20F3N3S/c12-11(13,14)9-18-8-5-16-10(15)17-6-3-1-2-4-7-17/h1-9H2,(H2,15,16). The highest BCUT2D eigenvalue weighted by Crippen LogP contribution is 2.20. The summed E-state index contributed by atoms with van der Waals surface area (Å²) in [4.78, 5) is 6.17. The van der Waals surface area contributed by atoms with E-state index in [2.05, 4.69) is 4.99 Å². The van der Waals surface area contributed by atoms with Crippen molar-refractivity contribution < 1.29 is 13.2 Å². The lowest BCUT2D eigenvalue weighted by Gasteiger charge is -2.21. The van der Waals surface area contributed by atoms with Gasteiger partial charge in [0.1, 0.15) is 0 Å². The molecule has 7 heteroatoms. The molecule has 106 valence electrons. The number of hydrogen-bond donors (Lipinski definition) is 1. The fraction of sp³-hybridized carbons (Fsp3) is 0.909. The Kier molecular flexibility index (Phi) is 6.67. The summed E-state index contributed by atoms with van der Waals surface area (Å²) in [6.07, 6.45) is 0.555. The third-order valence-corrected chi connectivity index (χ3v) is 3.71. The molecule has 0 atom stereocenters. The summed E-state index contributed by atoms with van der Waals surface area (Å²) in [5.74, 6) is 0.0183. The molecule has 0 aromatic carbocycles. The van der Waals surface area contributed by atoms with E-state index in [0.717, 1.165) is 37.7 Å². The van der Waals surface area contributed by atoms with Crippen molar-refractivity contribution in [3.8, 4) is 0 Å². The normalized spacial score (nSPS) is 18.8. The van der Waals surface area contributed by atoms with Crippen LogP contribution in [0.3, 0.4) is 0 Å². The molecule has 1 aliphatic heterocycles. The monoisotopic (exact) mass is 283 g/mol. The van der Waals surface area contributed by atoms with E-state index in [0.29, 0.717) is 18.3 Å². The summed E-state index contributed by atoms with van der Waals surface area (Å²) in [6.45, 7) is 2.17. The molecule has 18 heavy (non-hydrogen) atoms. The smallest absolute Gasteiger partial charge is 0.370 e. The van der Waals surface area contributed by atoms with E-state index in [-0.39, 0.29) is 0 Å². The van der Waals surface area contributed by atoms with Gasteiger partial charge >= 0.3 is 6.18 Å². The summed E-state index contributed by atoms with van der Waals surface area (Å²) >= 11 is 0.847. The third kappa shape index (κ3) is 6.98. The van der Waals surface area contributed by atoms with Gasteiger partial charge in [-0.25, -0.2) is 0 Å². The largest absolute Gasteiger partial charge is 0.397 e. The van der Waals surface area contributed by atoms with Gasteiger partial charge in [-0.15, -0.1) is 0 Å². The lowest BCUT2D eigenvalue weighted by molar-refractivity contribution is -0.105. The lowest BCUT2D eigenvalue weighted by Crippen LogP contribution is -2.38. The minimum absolute atomic E-state index is 0.350. The molecule has 0 amide bonds. The van der Waals surface area contributed by atoms with Crippen molar-refractivity contribution in [3.05, 3.63) is 0 Å². The summed E-state index contributed by atoms with van der Waals surface area (Å²) in [5.41, 5.74) is 5.83. The highest BCUT2D eigenvalue weighted by atomic mass is 32.2. The molecule has 1 saturated heterocycles. The number of likely N-dealkylation sites (tertiary alicyclic amines) is 1. The minimum Gasteiger partial charge on any atom is -0.370 e. The first-order valence-electron chi connectivity index (χ1n) is 6.18. The van der Waals surface area contributed by atoms with Crippen LogP contribution in [0, 0.1) is 0 Å². The van der Waals surface area contributed by atoms with E-state index >= 15 is 0 Å². The highest BCUT2D eigenvalue weighted by molar-refractivity contribution is 7.99. The van der Waals surface area contributed by atoms with Crippen molar-refractivity contribution in [2.75, 3.05) is 31.1 Å². The number of guanidine groups is 1. The quantitative estimate of drug-likeness (QED) is 0.489. The fourth-order valence-corrected chi connectivity index (χ4v) is 2.41. The van der Waals surface area contributed by atoms with Gasteiger partial charge in [-0.05, 0) is 12.8 Å². The van der Waals surface area contributed by atoms with E-state index in [1.807, 2.05) is 4.90 Å². The summed E-state index contributed by atoms with van der Waals surface area (Å²) in [6, 6.07) is 0. The van der Waals surface area contributed by atoms with Crippen LogP contribution in [-0.2, 0) is 0 Å². The van der Waals surface area contributed by atoms with Crippen LogP contribution >= 0.6 is 11.8 Å². The number of halogens is 3. The van der Waals surface area contributed by atoms with Gasteiger partial charge in [0.05, 0.1) is 12.3 Å². The maximum Gasteiger partial charge on any atom is 0.397 e. The molecule has 3 nitrogen and oxygen atoms in total. The van der Waals surface area contributed by atoms with E-state index in [1.54, 1.807) is 0 Å². The second kappa shape index (κ2) is 7.76. The predicted molar refractivity (Wildman–Crippen MR) is 69.9 cm³/mol. The Morgan fingerprint density at radius 3 is 2.33 bits per heavy atom. The molecule has 0 radical (unpaired) electrons. The molecular formula is C11H20F3N3S. The molecular weight excluding hydrogens is 263 g/mol. The Balaban J connectivity index is 2.20. The van der Waals surface area contributed by atoms with Crippen LogP contribution in [0.15, 0.2) is 4.99 Å². The van der Waals surface area contributed by atoms with Gasteiger partial charge in [-0.1, -0.05) is 12.8 Å². The summed E-state index contributed by atoms with van der Waals surface area (Å²) in [5, 5.41) is 0. The van der Waals surface area contributed by atoms with Crippen molar-refractivity contribution >= 4 is 17.7 Å². The zero-order valence-corrected chi connectivity index (χ0v) is 11.2. The van der Waals surface area contributed by atoms with Gasteiger partial charge in [0.25, 0.3) is 0 Å². The topological polar surface area (TPSA) is 41.6 Å². The van der Waals surface area contributed by atoms with Crippen molar-refractivity contribution in [2.45, 2.75) is 31.9 Å². The van der Waals surface area contributed by atoms with Crippen molar-refractivity contribution in [1.82, 2.24) is 4.90 Å². The summed E-state index contributed by atoms with van der Waals surface area (Å²) < 4.78 is 35.7. The number of nitrogens with two attached hydrogens (primary N) is 1. The Morgan fingerprint density at radius 1 is 1.17 bits per heavy atom. The molecule has 0 aliphatic carbocycles. The number of hydrogen-bond acceptors (Lipinski definition) is 2. The number of rotatable bonds is 4. The maximum absolute atomic E-state index is 11.9. The average Bonchev–Trinajstić information content (AvgIpc) is 2.55. The lowest BCUT2D eigenvalue weighted by atomic mass is 10.2. The van der Waals surface area contributed by atoms with Crippen LogP contribution in [0.4, 0.5) is 13.2 Å². The van der Waals surface area contributed by atoms with Crippen LogP contribution in [-0.4, -0.2) is 48.2 Å². The van der Waals surface area contributed by atoms with Crippen molar-refractivity contribution in [1.29, 1.82) is 0 Å². The molecule has 0 unspecified atom stereocenters. The SMILES string of the molecule is NC(=NCCSCC(F)(F)F)N1CCCCCC1. The third-order valence-electron chi connectivity index (χ3n) is 2.71. The first-order valence-corrected chi connectivity index (χ1v) is 7.34. The van der Waals surface area contributed by atoms with Crippen LogP contribution in [0.25, 0.3) is 0 Å². The van der Waals surface area contributed by atoms with Gasteiger partial charge in [-0.3, -0.25) is 4.99 Å². The molecule has 2 N–H and O–H groups in total. The fourth-order valence-electron chi connectivity index (χ4n) is 1.81. The minimum atomic E-state index is -4.09. The van der Waals surface area contributed by atoms with Gasteiger partial charge in [0, 0.05) is 18.8 Å². The Morgan fingerprint density at radius 2 is 1.78 bits per heavy atom. The molecule has 0 bridgehead atoms.